The van der Waals surface area contributed by atoms with Crippen LogP contribution in [0.4, 0.5) is 0 Å². The minimum Gasteiger partial charge on any atom is -0.497 e. The molecule has 0 spiro atoms. The quantitative estimate of drug-likeness (QED) is 0.551. The predicted octanol–water partition coefficient (Wildman–Crippen LogP) is 5.19. The first-order chi connectivity index (χ1) is 12.2. The van der Waals surface area contributed by atoms with E-state index in [1.165, 1.54) is 0 Å². The third-order valence-corrected chi connectivity index (χ3v) is 5.67. The van der Waals surface area contributed by atoms with Crippen LogP contribution >= 0.6 is 11.3 Å². The van der Waals surface area contributed by atoms with Gasteiger partial charge in [-0.25, -0.2) is 0 Å². The maximum atomic E-state index is 11.8. The van der Waals surface area contributed by atoms with Crippen LogP contribution in [0, 0.1) is 0 Å². The Morgan fingerprint density at radius 2 is 1.40 bits per heavy atom. The lowest BCUT2D eigenvalue weighted by Crippen LogP contribution is -2.27. The molecule has 3 heteroatoms. The van der Waals surface area contributed by atoms with Gasteiger partial charge in [-0.1, -0.05) is 60.7 Å². The lowest BCUT2D eigenvalue weighted by molar-refractivity contribution is 0.130. The van der Waals surface area contributed by atoms with Crippen LogP contribution in [0.3, 0.4) is 0 Å². The molecular weight excluding hydrogens is 328 g/mol. The Bertz CT molecular complexity index is 951. The summed E-state index contributed by atoms with van der Waals surface area (Å²) in [6.45, 7) is 0. The van der Waals surface area contributed by atoms with E-state index in [2.05, 4.69) is 6.07 Å². The number of hydrogen-bond acceptors (Lipinski definition) is 3. The molecule has 0 saturated carbocycles. The molecule has 1 heterocycles. The summed E-state index contributed by atoms with van der Waals surface area (Å²) in [6.07, 6.45) is 0. The predicted molar refractivity (Wildman–Crippen MR) is 103 cm³/mol. The van der Waals surface area contributed by atoms with Crippen molar-refractivity contribution in [2.75, 3.05) is 7.11 Å². The van der Waals surface area contributed by atoms with Crippen LogP contribution < -0.4 is 4.74 Å². The molecule has 25 heavy (non-hydrogen) atoms. The number of aliphatic hydroxyl groups is 1. The van der Waals surface area contributed by atoms with Gasteiger partial charge in [0.05, 0.1) is 7.11 Å². The van der Waals surface area contributed by atoms with Crippen molar-refractivity contribution in [2.45, 2.75) is 5.60 Å². The largest absolute Gasteiger partial charge is 0.497 e. The van der Waals surface area contributed by atoms with Gasteiger partial charge < -0.3 is 9.84 Å². The van der Waals surface area contributed by atoms with Gasteiger partial charge in [-0.05, 0) is 40.8 Å². The molecule has 0 aliphatic carbocycles. The molecular formula is C22H18O2S. The molecule has 0 aliphatic rings. The second-order valence-electron chi connectivity index (χ2n) is 5.96. The van der Waals surface area contributed by atoms with Gasteiger partial charge in [0.2, 0.25) is 0 Å². The van der Waals surface area contributed by atoms with E-state index in [1.54, 1.807) is 18.4 Å². The highest BCUT2D eigenvalue weighted by atomic mass is 32.1. The van der Waals surface area contributed by atoms with Gasteiger partial charge in [-0.2, -0.15) is 0 Å². The van der Waals surface area contributed by atoms with E-state index >= 15 is 0 Å². The van der Waals surface area contributed by atoms with Gasteiger partial charge in [0.1, 0.15) is 11.4 Å². The molecule has 4 rings (SSSR count). The number of ether oxygens (including phenoxy) is 1. The Morgan fingerprint density at radius 1 is 0.800 bits per heavy atom. The third-order valence-electron chi connectivity index (χ3n) is 4.47. The van der Waals surface area contributed by atoms with E-state index < -0.39 is 5.60 Å². The van der Waals surface area contributed by atoms with Crippen molar-refractivity contribution < 1.29 is 9.84 Å². The molecule has 0 atom stereocenters. The highest BCUT2D eigenvalue weighted by molar-refractivity contribution is 7.19. The van der Waals surface area contributed by atoms with Gasteiger partial charge in [-0.15, -0.1) is 11.3 Å². The summed E-state index contributed by atoms with van der Waals surface area (Å²) in [5.74, 6) is 0.823. The van der Waals surface area contributed by atoms with Gasteiger partial charge in [-0.3, -0.25) is 0 Å². The summed E-state index contributed by atoms with van der Waals surface area (Å²) < 4.78 is 6.43. The van der Waals surface area contributed by atoms with Crippen LogP contribution in [0.1, 0.15) is 16.0 Å². The summed E-state index contributed by atoms with van der Waals surface area (Å²) >= 11 is 1.59. The average Bonchev–Trinajstić information content (AvgIpc) is 3.12. The van der Waals surface area contributed by atoms with Gasteiger partial charge in [0.15, 0.2) is 0 Å². The van der Waals surface area contributed by atoms with Crippen LogP contribution in [0.5, 0.6) is 5.75 Å². The fourth-order valence-electron chi connectivity index (χ4n) is 3.13. The molecule has 0 fully saturated rings. The van der Waals surface area contributed by atoms with Crippen molar-refractivity contribution in [1.82, 2.24) is 0 Å². The van der Waals surface area contributed by atoms with E-state index in [4.69, 9.17) is 4.74 Å². The first kappa shape index (κ1) is 15.9. The van der Waals surface area contributed by atoms with Crippen LogP contribution in [0.25, 0.3) is 10.1 Å². The van der Waals surface area contributed by atoms with Crippen molar-refractivity contribution in [3.05, 3.63) is 101 Å². The van der Waals surface area contributed by atoms with E-state index in [-0.39, 0.29) is 0 Å². The maximum Gasteiger partial charge on any atom is 0.149 e. The standard InChI is InChI=1S/C22H18O2S/c1-24-19-13-12-16-14-21(25-20(16)15-19)22(23,17-8-4-2-5-9-17)18-10-6-3-7-11-18/h2-15,23H,1H3. The molecule has 0 unspecified atom stereocenters. The number of rotatable bonds is 4. The van der Waals surface area contributed by atoms with E-state index in [0.29, 0.717) is 0 Å². The first-order valence-corrected chi connectivity index (χ1v) is 8.95. The molecule has 1 aromatic heterocycles. The van der Waals surface area contributed by atoms with Crippen molar-refractivity contribution in [3.8, 4) is 5.75 Å². The maximum absolute atomic E-state index is 11.8. The normalized spacial score (nSPS) is 11.6. The Morgan fingerprint density at radius 3 is 1.96 bits per heavy atom. The van der Waals surface area contributed by atoms with Crippen LogP contribution in [0.2, 0.25) is 0 Å². The summed E-state index contributed by atoms with van der Waals surface area (Å²) in [4.78, 5) is 0.896. The number of methoxy groups -OCH3 is 1. The number of fused-ring (bicyclic) bond motifs is 1. The summed E-state index contributed by atoms with van der Waals surface area (Å²) in [6, 6.07) is 27.7. The molecule has 1 N–H and O–H groups in total. The summed E-state index contributed by atoms with van der Waals surface area (Å²) in [5.41, 5.74) is 0.541. The average molecular weight is 346 g/mol. The second kappa shape index (κ2) is 6.36. The fraction of sp³-hybridized carbons (Fsp3) is 0.0909. The number of hydrogen-bond donors (Lipinski definition) is 1. The monoisotopic (exact) mass is 346 g/mol. The SMILES string of the molecule is COc1ccc2cc(C(O)(c3ccccc3)c3ccccc3)sc2c1. The number of thiophene rings is 1. The van der Waals surface area contributed by atoms with Crippen LogP contribution in [-0.2, 0) is 5.60 Å². The molecule has 2 nitrogen and oxygen atoms in total. The molecule has 0 bridgehead atoms. The Balaban J connectivity index is 1.95. The highest BCUT2D eigenvalue weighted by Gasteiger charge is 2.35. The van der Waals surface area contributed by atoms with E-state index in [9.17, 15) is 5.11 Å². The van der Waals surface area contributed by atoms with Crippen LogP contribution in [-0.4, -0.2) is 12.2 Å². The zero-order valence-electron chi connectivity index (χ0n) is 13.8. The lowest BCUT2D eigenvalue weighted by atomic mass is 9.85. The minimum absolute atomic E-state index is 0.823. The molecule has 0 radical (unpaired) electrons. The zero-order valence-corrected chi connectivity index (χ0v) is 14.7. The Labute approximate surface area is 151 Å². The van der Waals surface area contributed by atoms with Crippen LogP contribution in [0.15, 0.2) is 84.9 Å². The molecule has 0 amide bonds. The fourth-order valence-corrected chi connectivity index (χ4v) is 4.35. The smallest absolute Gasteiger partial charge is 0.149 e. The summed E-state index contributed by atoms with van der Waals surface area (Å²) in [5, 5.41) is 12.9. The third kappa shape index (κ3) is 2.72. The Hall–Kier alpha value is -2.62. The van der Waals surface area contributed by atoms with Gasteiger partial charge in [0.25, 0.3) is 0 Å². The minimum atomic E-state index is -1.18. The zero-order chi connectivity index (χ0) is 17.3. The molecule has 124 valence electrons. The van der Waals surface area contributed by atoms with E-state index in [0.717, 1.165) is 31.8 Å². The summed E-state index contributed by atoms with van der Waals surface area (Å²) in [7, 11) is 1.67. The Kier molecular flexibility index (Phi) is 4.04. The second-order valence-corrected chi connectivity index (χ2v) is 7.04. The molecule has 3 aromatic carbocycles. The topological polar surface area (TPSA) is 29.5 Å². The van der Waals surface area contributed by atoms with Crippen molar-refractivity contribution >= 4 is 21.4 Å². The highest BCUT2D eigenvalue weighted by Crippen LogP contribution is 2.42. The molecule has 0 aliphatic heterocycles. The number of benzene rings is 3. The van der Waals surface area contributed by atoms with Crippen molar-refractivity contribution in [1.29, 1.82) is 0 Å². The van der Waals surface area contributed by atoms with Crippen molar-refractivity contribution in [3.63, 3.8) is 0 Å². The first-order valence-electron chi connectivity index (χ1n) is 8.13. The molecule has 0 saturated heterocycles. The van der Waals surface area contributed by atoms with Gasteiger partial charge >= 0.3 is 0 Å². The van der Waals surface area contributed by atoms with Gasteiger partial charge in [0, 0.05) is 9.58 Å². The lowest BCUT2D eigenvalue weighted by Gasteiger charge is -2.28. The molecule has 4 aromatic rings. The van der Waals surface area contributed by atoms with Crippen molar-refractivity contribution in [2.24, 2.45) is 0 Å². The van der Waals surface area contributed by atoms with E-state index in [1.807, 2.05) is 78.9 Å².